The maximum Gasteiger partial charge on any atom is 0.225 e. The highest BCUT2D eigenvalue weighted by molar-refractivity contribution is 5.90. The van der Waals surface area contributed by atoms with Crippen LogP contribution in [0.25, 0.3) is 10.9 Å². The fourth-order valence-corrected chi connectivity index (χ4v) is 2.72. The fraction of sp³-hybridized carbons (Fsp3) is 0.438. The molecule has 1 radical (unpaired) electrons. The molecule has 3 rings (SSSR count). The van der Waals surface area contributed by atoms with E-state index in [1.165, 1.54) is 25.7 Å². The molecule has 1 saturated carbocycles. The summed E-state index contributed by atoms with van der Waals surface area (Å²) in [4.78, 5) is 11.4. The summed E-state index contributed by atoms with van der Waals surface area (Å²) >= 11 is 0. The van der Waals surface area contributed by atoms with E-state index in [1.54, 1.807) is 0 Å². The molecule has 0 atom stereocenters. The lowest BCUT2D eigenvalue weighted by Crippen LogP contribution is -2.24. The molecule has 0 aliphatic heterocycles. The second kappa shape index (κ2) is 5.65. The summed E-state index contributed by atoms with van der Waals surface area (Å²) in [6.07, 6.45) is 7.09. The van der Waals surface area contributed by atoms with Crippen LogP contribution in [0, 0.1) is 6.42 Å². The van der Waals surface area contributed by atoms with Gasteiger partial charge in [-0.2, -0.15) is 4.98 Å². The van der Waals surface area contributed by atoms with Crippen molar-refractivity contribution in [3.05, 3.63) is 30.7 Å². The van der Waals surface area contributed by atoms with E-state index < -0.39 is 0 Å². The van der Waals surface area contributed by atoms with Crippen molar-refractivity contribution in [2.45, 2.75) is 31.7 Å². The molecule has 0 saturated heterocycles. The van der Waals surface area contributed by atoms with Crippen LogP contribution < -0.4 is 10.2 Å². The first-order valence-electron chi connectivity index (χ1n) is 7.26. The van der Waals surface area contributed by atoms with Crippen LogP contribution in [0.2, 0.25) is 0 Å². The number of para-hydroxylation sites is 1. The molecule has 0 unspecified atom stereocenters. The Labute approximate surface area is 120 Å². The molecule has 1 heterocycles. The van der Waals surface area contributed by atoms with E-state index >= 15 is 0 Å². The van der Waals surface area contributed by atoms with E-state index in [1.807, 2.05) is 37.2 Å². The minimum Gasteiger partial charge on any atom is -0.362 e. The largest absolute Gasteiger partial charge is 0.362 e. The lowest BCUT2D eigenvalue weighted by molar-refractivity contribution is 0.532. The van der Waals surface area contributed by atoms with Gasteiger partial charge in [-0.15, -0.1) is 0 Å². The third-order valence-corrected chi connectivity index (χ3v) is 3.78. The Bertz CT molecular complexity index is 588. The number of hydrogen-bond acceptors (Lipinski definition) is 4. The molecule has 4 heteroatoms. The highest BCUT2D eigenvalue weighted by atomic mass is 15.2. The van der Waals surface area contributed by atoms with Crippen molar-refractivity contribution in [3.8, 4) is 0 Å². The first kappa shape index (κ1) is 13.2. The van der Waals surface area contributed by atoms with Gasteiger partial charge in [0.2, 0.25) is 5.95 Å². The molecule has 105 valence electrons. The third kappa shape index (κ3) is 2.69. The van der Waals surface area contributed by atoms with Crippen LogP contribution in [0.5, 0.6) is 0 Å². The second-order valence-electron chi connectivity index (χ2n) is 5.57. The first-order chi connectivity index (χ1) is 9.74. The molecular formula is C16H21N4. The minimum absolute atomic E-state index is 0.496. The summed E-state index contributed by atoms with van der Waals surface area (Å²) in [5.74, 6) is 1.72. The Morgan fingerprint density at radius 2 is 1.85 bits per heavy atom. The number of fused-ring (bicyclic) bond motifs is 1. The molecule has 1 N–H and O–H groups in total. The van der Waals surface area contributed by atoms with Crippen molar-refractivity contribution in [1.82, 2.24) is 9.97 Å². The molecule has 0 spiro atoms. The number of nitrogens with one attached hydrogen (secondary N) is 1. The first-order valence-corrected chi connectivity index (χ1v) is 7.26. The Kier molecular flexibility index (Phi) is 3.72. The summed E-state index contributed by atoms with van der Waals surface area (Å²) in [6.45, 7) is 0. The van der Waals surface area contributed by atoms with Crippen molar-refractivity contribution >= 4 is 22.7 Å². The van der Waals surface area contributed by atoms with Gasteiger partial charge < -0.3 is 10.2 Å². The van der Waals surface area contributed by atoms with Gasteiger partial charge >= 0.3 is 0 Å². The third-order valence-electron chi connectivity index (χ3n) is 3.78. The maximum atomic E-state index is 4.69. The normalized spacial score (nSPS) is 16.3. The zero-order chi connectivity index (χ0) is 13.9. The van der Waals surface area contributed by atoms with Crippen LogP contribution in [0.4, 0.5) is 11.8 Å². The molecule has 0 bridgehead atoms. The van der Waals surface area contributed by atoms with E-state index in [0.717, 1.165) is 22.7 Å². The maximum absolute atomic E-state index is 4.69. The van der Waals surface area contributed by atoms with Gasteiger partial charge in [-0.05, 0) is 44.2 Å². The van der Waals surface area contributed by atoms with Gasteiger partial charge in [0, 0.05) is 25.5 Å². The zero-order valence-corrected chi connectivity index (χ0v) is 12.1. The van der Waals surface area contributed by atoms with E-state index in [9.17, 15) is 0 Å². The Morgan fingerprint density at radius 3 is 2.60 bits per heavy atom. The second-order valence-corrected chi connectivity index (χ2v) is 5.57. The monoisotopic (exact) mass is 269 g/mol. The highest BCUT2D eigenvalue weighted by Gasteiger charge is 2.16. The predicted molar refractivity (Wildman–Crippen MR) is 84.0 cm³/mol. The van der Waals surface area contributed by atoms with Gasteiger partial charge in [0.25, 0.3) is 0 Å². The van der Waals surface area contributed by atoms with Gasteiger partial charge in [0.1, 0.15) is 5.82 Å². The average molecular weight is 269 g/mol. The number of aromatic nitrogens is 2. The van der Waals surface area contributed by atoms with Crippen molar-refractivity contribution in [3.63, 3.8) is 0 Å². The molecule has 2 aromatic rings. The van der Waals surface area contributed by atoms with Crippen LogP contribution in [-0.4, -0.2) is 30.1 Å². The van der Waals surface area contributed by atoms with Crippen molar-refractivity contribution < 1.29 is 0 Å². The molecular weight excluding hydrogens is 248 g/mol. The molecule has 1 aliphatic carbocycles. The van der Waals surface area contributed by atoms with Gasteiger partial charge in [-0.1, -0.05) is 12.1 Å². The van der Waals surface area contributed by atoms with Gasteiger partial charge in [-0.3, -0.25) is 0 Å². The molecule has 20 heavy (non-hydrogen) atoms. The van der Waals surface area contributed by atoms with Crippen LogP contribution in [0.3, 0.4) is 0 Å². The Hall–Kier alpha value is -1.84. The van der Waals surface area contributed by atoms with E-state index in [2.05, 4.69) is 27.8 Å². The predicted octanol–water partition coefficient (Wildman–Crippen LogP) is 3.25. The van der Waals surface area contributed by atoms with E-state index in [0.29, 0.717) is 6.04 Å². The molecule has 1 aromatic carbocycles. The lowest BCUT2D eigenvalue weighted by Gasteiger charge is -2.23. The molecule has 4 nitrogen and oxygen atoms in total. The van der Waals surface area contributed by atoms with Crippen LogP contribution >= 0.6 is 0 Å². The molecule has 0 amide bonds. The van der Waals surface area contributed by atoms with Crippen molar-refractivity contribution in [1.29, 1.82) is 0 Å². The van der Waals surface area contributed by atoms with Gasteiger partial charge in [0.05, 0.1) is 5.52 Å². The quantitative estimate of drug-likeness (QED) is 0.928. The van der Waals surface area contributed by atoms with Crippen molar-refractivity contribution in [2.24, 2.45) is 0 Å². The van der Waals surface area contributed by atoms with Gasteiger partial charge in [0.15, 0.2) is 0 Å². The summed E-state index contributed by atoms with van der Waals surface area (Å²) < 4.78 is 0. The minimum atomic E-state index is 0.496. The van der Waals surface area contributed by atoms with Crippen LogP contribution in [0.15, 0.2) is 24.3 Å². The summed E-state index contributed by atoms with van der Waals surface area (Å²) in [6, 6.07) is 8.67. The Balaban J connectivity index is 1.94. The highest BCUT2D eigenvalue weighted by Crippen LogP contribution is 2.25. The van der Waals surface area contributed by atoms with E-state index in [-0.39, 0.29) is 0 Å². The van der Waals surface area contributed by atoms with E-state index in [4.69, 9.17) is 0 Å². The SMILES string of the molecule is CN(C)c1nc(NC2CC[CH]CC2)nc2ccccc12. The fourth-order valence-electron chi connectivity index (χ4n) is 2.72. The summed E-state index contributed by atoms with van der Waals surface area (Å²) in [5.41, 5.74) is 0.996. The topological polar surface area (TPSA) is 41.1 Å². The molecule has 1 fully saturated rings. The number of benzene rings is 1. The molecule has 1 aromatic heterocycles. The number of anilines is 2. The molecule has 1 aliphatic rings. The van der Waals surface area contributed by atoms with Crippen LogP contribution in [0.1, 0.15) is 25.7 Å². The standard InChI is InChI=1S/C16H21N4/c1-20(2)15-13-10-6-7-11-14(13)18-16(19-15)17-12-8-4-3-5-9-12/h3,6-7,10-12H,4-5,8-9H2,1-2H3,(H,17,18,19). The lowest BCUT2D eigenvalue weighted by atomic mass is 9.96. The number of rotatable bonds is 3. The smallest absolute Gasteiger partial charge is 0.225 e. The number of nitrogens with zero attached hydrogens (tertiary/aromatic N) is 3. The zero-order valence-electron chi connectivity index (χ0n) is 12.1. The number of hydrogen-bond donors (Lipinski definition) is 1. The Morgan fingerprint density at radius 1 is 1.10 bits per heavy atom. The van der Waals surface area contributed by atoms with Crippen molar-refractivity contribution in [2.75, 3.05) is 24.3 Å². The summed E-state index contributed by atoms with van der Waals surface area (Å²) in [5, 5.41) is 4.60. The van der Waals surface area contributed by atoms with Gasteiger partial charge in [-0.25, -0.2) is 4.98 Å². The average Bonchev–Trinajstić information content (AvgIpc) is 2.47. The van der Waals surface area contributed by atoms with Crippen LogP contribution in [-0.2, 0) is 0 Å². The summed E-state index contributed by atoms with van der Waals surface area (Å²) in [7, 11) is 4.04.